The summed E-state index contributed by atoms with van der Waals surface area (Å²) in [7, 11) is 0. The van der Waals surface area contributed by atoms with Crippen LogP contribution in [0.1, 0.15) is 12.5 Å². The van der Waals surface area contributed by atoms with E-state index in [1.54, 1.807) is 6.08 Å². The van der Waals surface area contributed by atoms with Crippen LogP contribution >= 0.6 is 0 Å². The van der Waals surface area contributed by atoms with Crippen LogP contribution in [-0.4, -0.2) is 21.1 Å². The van der Waals surface area contributed by atoms with E-state index in [4.69, 9.17) is 5.84 Å². The van der Waals surface area contributed by atoms with Gasteiger partial charge in [-0.05, 0) is 19.4 Å². The van der Waals surface area contributed by atoms with Crippen molar-refractivity contribution in [2.75, 3.05) is 11.6 Å². The summed E-state index contributed by atoms with van der Waals surface area (Å²) in [6, 6.07) is 7.77. The highest BCUT2D eigenvalue weighted by molar-refractivity contribution is 5.61. The molecule has 6 heteroatoms. The van der Waals surface area contributed by atoms with Gasteiger partial charge in [-0.2, -0.15) is 9.97 Å². The molecule has 0 fully saturated rings. The second-order valence-electron chi connectivity index (χ2n) is 4.63. The van der Waals surface area contributed by atoms with Gasteiger partial charge in [-0.15, -0.1) is 6.58 Å². The molecule has 0 amide bonds. The molecule has 0 aliphatic carbocycles. The van der Waals surface area contributed by atoms with E-state index in [1.807, 2.05) is 38.1 Å². The minimum Gasteiger partial charge on any atom is -0.276 e. The topological polar surface area (TPSA) is 77.0 Å². The van der Waals surface area contributed by atoms with Crippen LogP contribution in [0.4, 0.5) is 5.95 Å². The van der Waals surface area contributed by atoms with E-state index in [2.05, 4.69) is 16.5 Å². The number of nitrogens with zero attached hydrogens (tertiary/aromatic N) is 4. The first-order chi connectivity index (χ1) is 10.1. The van der Waals surface area contributed by atoms with Crippen molar-refractivity contribution < 1.29 is 0 Å². The predicted molar refractivity (Wildman–Crippen MR) is 83.9 cm³/mol. The molecule has 0 saturated heterocycles. The summed E-state index contributed by atoms with van der Waals surface area (Å²) in [5.41, 5.74) is 1.57. The highest BCUT2D eigenvalue weighted by Gasteiger charge is 2.14. The zero-order valence-electron chi connectivity index (χ0n) is 12.3. The molecule has 0 radical (unpaired) electrons. The van der Waals surface area contributed by atoms with Gasteiger partial charge >= 0.3 is 5.69 Å². The number of aromatic nitrogens is 3. The van der Waals surface area contributed by atoms with Gasteiger partial charge in [-0.1, -0.05) is 30.3 Å². The monoisotopic (exact) mass is 285 g/mol. The van der Waals surface area contributed by atoms with E-state index < -0.39 is 0 Å². The second-order valence-corrected chi connectivity index (χ2v) is 4.63. The first-order valence-electron chi connectivity index (χ1n) is 6.76. The van der Waals surface area contributed by atoms with Crippen LogP contribution in [0.2, 0.25) is 0 Å². The average molecular weight is 285 g/mol. The zero-order valence-corrected chi connectivity index (χ0v) is 12.3. The normalized spacial score (nSPS) is 10.4. The van der Waals surface area contributed by atoms with E-state index in [0.29, 0.717) is 18.9 Å². The number of aryl methyl sites for hydroxylation is 1. The van der Waals surface area contributed by atoms with Crippen LogP contribution in [-0.2, 0) is 6.54 Å². The number of hydrazine groups is 1. The number of hydrogen-bond donors (Lipinski definition) is 1. The average Bonchev–Trinajstić information content (AvgIpc) is 2.47. The number of hydrogen-bond acceptors (Lipinski definition) is 5. The third-order valence-corrected chi connectivity index (χ3v) is 3.17. The highest BCUT2D eigenvalue weighted by Crippen LogP contribution is 2.21. The van der Waals surface area contributed by atoms with Gasteiger partial charge in [0.05, 0.1) is 6.54 Å². The van der Waals surface area contributed by atoms with E-state index in [0.717, 1.165) is 11.1 Å². The Labute approximate surface area is 123 Å². The molecule has 110 valence electrons. The molecular weight excluding hydrogens is 266 g/mol. The minimum absolute atomic E-state index is 0.197. The molecule has 1 aromatic heterocycles. The Bertz CT molecular complexity index is 707. The van der Waals surface area contributed by atoms with Gasteiger partial charge in [0.15, 0.2) is 0 Å². The lowest BCUT2D eigenvalue weighted by molar-refractivity contribution is 0.676. The van der Waals surface area contributed by atoms with Crippen molar-refractivity contribution in [2.45, 2.75) is 20.4 Å². The molecule has 0 bridgehead atoms. The molecule has 2 N–H and O–H groups in total. The molecule has 6 nitrogen and oxygen atoms in total. The molecule has 0 unspecified atom stereocenters. The fourth-order valence-electron chi connectivity index (χ4n) is 2.08. The fraction of sp³-hybridized carbons (Fsp3) is 0.267. The molecule has 1 heterocycles. The smallest absolute Gasteiger partial charge is 0.276 e. The van der Waals surface area contributed by atoms with Crippen molar-refractivity contribution in [3.63, 3.8) is 0 Å². The maximum absolute atomic E-state index is 12.2. The van der Waals surface area contributed by atoms with Crippen LogP contribution in [0.25, 0.3) is 11.4 Å². The summed E-state index contributed by atoms with van der Waals surface area (Å²) in [4.78, 5) is 20.6. The molecule has 0 saturated carbocycles. The van der Waals surface area contributed by atoms with Gasteiger partial charge in [-0.3, -0.25) is 9.58 Å². The zero-order chi connectivity index (χ0) is 15.4. The quantitative estimate of drug-likeness (QED) is 0.512. The Morgan fingerprint density at radius 3 is 2.71 bits per heavy atom. The van der Waals surface area contributed by atoms with Gasteiger partial charge in [-0.25, -0.2) is 10.6 Å². The maximum Gasteiger partial charge on any atom is 0.352 e. The lowest BCUT2D eigenvalue weighted by Crippen LogP contribution is -2.36. The van der Waals surface area contributed by atoms with Gasteiger partial charge in [0, 0.05) is 12.1 Å². The van der Waals surface area contributed by atoms with E-state index >= 15 is 0 Å². The third kappa shape index (κ3) is 3.00. The minimum atomic E-state index is -0.361. The lowest BCUT2D eigenvalue weighted by Gasteiger charge is -2.17. The molecule has 2 aromatic rings. The van der Waals surface area contributed by atoms with E-state index in [1.165, 1.54) is 9.58 Å². The molecule has 1 aromatic carbocycles. The van der Waals surface area contributed by atoms with Crippen molar-refractivity contribution in [3.8, 4) is 11.4 Å². The summed E-state index contributed by atoms with van der Waals surface area (Å²) in [6.07, 6.45) is 1.63. The first kappa shape index (κ1) is 14.9. The molecule has 2 rings (SSSR count). The summed E-state index contributed by atoms with van der Waals surface area (Å²) in [6.45, 7) is 8.34. The fourth-order valence-corrected chi connectivity index (χ4v) is 2.08. The van der Waals surface area contributed by atoms with E-state index in [-0.39, 0.29) is 11.6 Å². The Morgan fingerprint density at radius 2 is 2.10 bits per heavy atom. The standard InChI is InChI=1S/C15H19N5O/c1-4-10-20(16)14-17-13(19(5-2)15(21)18-14)12-9-7-6-8-11(12)3/h4,6-9H,1,5,10,16H2,2-3H3. The number of anilines is 1. The Kier molecular flexibility index (Phi) is 4.49. The molecule has 0 aliphatic heterocycles. The lowest BCUT2D eigenvalue weighted by atomic mass is 10.1. The van der Waals surface area contributed by atoms with Gasteiger partial charge in [0.25, 0.3) is 0 Å². The first-order valence-corrected chi connectivity index (χ1v) is 6.76. The molecule has 0 spiro atoms. The van der Waals surface area contributed by atoms with Crippen molar-refractivity contribution >= 4 is 5.95 Å². The Morgan fingerprint density at radius 1 is 1.38 bits per heavy atom. The van der Waals surface area contributed by atoms with Crippen LogP contribution in [0.15, 0.2) is 41.7 Å². The van der Waals surface area contributed by atoms with Crippen molar-refractivity contribution in [3.05, 3.63) is 53.0 Å². The third-order valence-electron chi connectivity index (χ3n) is 3.17. The number of nitrogens with two attached hydrogens (primary N) is 1. The van der Waals surface area contributed by atoms with Gasteiger partial charge in [0.2, 0.25) is 5.95 Å². The Hall–Kier alpha value is -2.47. The van der Waals surface area contributed by atoms with Crippen LogP contribution in [0.3, 0.4) is 0 Å². The SMILES string of the molecule is C=CCN(N)c1nc(-c2ccccc2C)n(CC)c(=O)n1. The van der Waals surface area contributed by atoms with Crippen LogP contribution in [0.5, 0.6) is 0 Å². The maximum atomic E-state index is 12.2. The number of rotatable bonds is 5. The second kappa shape index (κ2) is 6.32. The van der Waals surface area contributed by atoms with E-state index in [9.17, 15) is 4.79 Å². The van der Waals surface area contributed by atoms with Crippen LogP contribution in [0, 0.1) is 6.92 Å². The van der Waals surface area contributed by atoms with Crippen molar-refractivity contribution in [2.24, 2.45) is 5.84 Å². The van der Waals surface area contributed by atoms with Gasteiger partial charge in [0.1, 0.15) is 5.82 Å². The highest BCUT2D eigenvalue weighted by atomic mass is 16.1. The molecular formula is C15H19N5O. The number of benzene rings is 1. The molecule has 0 atom stereocenters. The summed E-state index contributed by atoms with van der Waals surface area (Å²) in [5, 5.41) is 1.30. The Balaban J connectivity index is 2.66. The summed E-state index contributed by atoms with van der Waals surface area (Å²) < 4.78 is 1.54. The predicted octanol–water partition coefficient (Wildman–Crippen LogP) is 1.50. The van der Waals surface area contributed by atoms with Crippen LogP contribution < -0.4 is 16.5 Å². The summed E-state index contributed by atoms with van der Waals surface area (Å²) in [5.74, 6) is 6.61. The van der Waals surface area contributed by atoms with Gasteiger partial charge < -0.3 is 0 Å². The van der Waals surface area contributed by atoms with Crippen molar-refractivity contribution in [1.29, 1.82) is 0 Å². The van der Waals surface area contributed by atoms with Crippen molar-refractivity contribution in [1.82, 2.24) is 14.5 Å². The summed E-state index contributed by atoms with van der Waals surface area (Å²) >= 11 is 0. The molecule has 0 aliphatic rings. The largest absolute Gasteiger partial charge is 0.352 e. The molecule has 21 heavy (non-hydrogen) atoms.